The Morgan fingerprint density at radius 2 is 1.62 bits per heavy atom. The quantitative estimate of drug-likeness (QED) is 0.783. The molecule has 0 saturated carbocycles. The van der Waals surface area contributed by atoms with E-state index in [1.54, 1.807) is 36.4 Å². The second-order valence-electron chi connectivity index (χ2n) is 7.33. The summed E-state index contributed by atoms with van der Waals surface area (Å²) < 4.78 is 27.1. The van der Waals surface area contributed by atoms with E-state index < -0.39 is 10.0 Å². The lowest BCUT2D eigenvalue weighted by Crippen LogP contribution is -2.37. The third-order valence-electron chi connectivity index (χ3n) is 4.94. The summed E-state index contributed by atoms with van der Waals surface area (Å²) in [6.45, 7) is 4.60. The maximum Gasteiger partial charge on any atom is 0.255 e. The van der Waals surface area contributed by atoms with Gasteiger partial charge in [0.25, 0.3) is 5.91 Å². The maximum atomic E-state index is 12.8. The van der Waals surface area contributed by atoms with Gasteiger partial charge in [0.05, 0.1) is 4.90 Å². The minimum absolute atomic E-state index is 0.220. The number of benzene rings is 2. The van der Waals surface area contributed by atoms with Crippen LogP contribution in [0.3, 0.4) is 0 Å². The maximum absolute atomic E-state index is 12.8. The smallest absolute Gasteiger partial charge is 0.255 e. The van der Waals surface area contributed by atoms with E-state index >= 15 is 0 Å². The average molecular weight is 416 g/mol. The summed E-state index contributed by atoms with van der Waals surface area (Å²) in [6.07, 6.45) is 1.73. The summed E-state index contributed by atoms with van der Waals surface area (Å²) in [7, 11) is -3.52. The number of amides is 2. The van der Waals surface area contributed by atoms with Crippen LogP contribution in [-0.2, 0) is 14.8 Å². The zero-order valence-electron chi connectivity index (χ0n) is 16.5. The van der Waals surface area contributed by atoms with E-state index in [-0.39, 0.29) is 16.7 Å². The summed E-state index contributed by atoms with van der Waals surface area (Å²) in [5.74, 6) is -0.0245. The number of carbonyl (C=O) groups excluding carboxylic acids is 2. The van der Waals surface area contributed by atoms with Crippen LogP contribution in [0.25, 0.3) is 0 Å². The molecule has 29 heavy (non-hydrogen) atoms. The van der Waals surface area contributed by atoms with Crippen molar-refractivity contribution in [1.82, 2.24) is 4.31 Å². The first-order chi connectivity index (χ1) is 13.8. The molecule has 3 rings (SSSR count). The number of nitrogens with one attached hydrogen (secondary N) is 2. The van der Waals surface area contributed by atoms with Gasteiger partial charge in [0.1, 0.15) is 0 Å². The first kappa shape index (κ1) is 21.0. The third-order valence-corrected chi connectivity index (χ3v) is 6.85. The van der Waals surface area contributed by atoms with Crippen LogP contribution in [0.1, 0.15) is 37.0 Å². The molecular weight excluding hydrogens is 390 g/mol. The van der Waals surface area contributed by atoms with Gasteiger partial charge in [-0.2, -0.15) is 4.31 Å². The van der Waals surface area contributed by atoms with Crippen molar-refractivity contribution in [3.05, 3.63) is 54.1 Å². The minimum atomic E-state index is -3.52. The minimum Gasteiger partial charge on any atom is -0.326 e. The van der Waals surface area contributed by atoms with Crippen molar-refractivity contribution >= 4 is 33.2 Å². The first-order valence-corrected chi connectivity index (χ1v) is 11.0. The number of carbonyl (C=O) groups is 2. The lowest BCUT2D eigenvalue weighted by molar-refractivity contribution is -0.114. The van der Waals surface area contributed by atoms with Crippen molar-refractivity contribution in [2.75, 3.05) is 23.7 Å². The van der Waals surface area contributed by atoms with Gasteiger partial charge in [0.15, 0.2) is 0 Å². The molecular formula is C21H25N3O4S. The SMILES string of the molecule is CC(=O)Nc1cccc(C(=O)Nc2ccc(S(=O)(=O)N3CCC(C)CC3)cc2)c1. The average Bonchev–Trinajstić information content (AvgIpc) is 2.68. The second-order valence-corrected chi connectivity index (χ2v) is 9.27. The molecule has 1 heterocycles. The molecule has 7 nitrogen and oxygen atoms in total. The molecule has 1 saturated heterocycles. The monoisotopic (exact) mass is 415 g/mol. The molecule has 1 aliphatic rings. The fourth-order valence-electron chi connectivity index (χ4n) is 3.23. The van der Waals surface area contributed by atoms with E-state index in [1.165, 1.54) is 23.4 Å². The third kappa shape index (κ3) is 5.21. The van der Waals surface area contributed by atoms with Gasteiger partial charge in [-0.05, 0) is 61.2 Å². The van der Waals surface area contributed by atoms with E-state index in [9.17, 15) is 18.0 Å². The molecule has 0 radical (unpaired) electrons. The number of hydrogen-bond donors (Lipinski definition) is 2. The van der Waals surface area contributed by atoms with Gasteiger partial charge in [0, 0.05) is 37.0 Å². The van der Waals surface area contributed by atoms with Crippen molar-refractivity contribution in [3.63, 3.8) is 0 Å². The number of anilines is 2. The Balaban J connectivity index is 1.69. The van der Waals surface area contributed by atoms with Crippen LogP contribution < -0.4 is 10.6 Å². The van der Waals surface area contributed by atoms with Crippen molar-refractivity contribution in [3.8, 4) is 0 Å². The Kier molecular flexibility index (Phi) is 6.34. The first-order valence-electron chi connectivity index (χ1n) is 9.55. The Morgan fingerprint density at radius 1 is 0.966 bits per heavy atom. The fourth-order valence-corrected chi connectivity index (χ4v) is 4.70. The summed E-state index contributed by atoms with van der Waals surface area (Å²) in [5.41, 5.74) is 1.41. The molecule has 2 aromatic rings. The van der Waals surface area contributed by atoms with Crippen molar-refractivity contribution < 1.29 is 18.0 Å². The molecule has 0 aromatic heterocycles. The fraction of sp³-hybridized carbons (Fsp3) is 0.333. The van der Waals surface area contributed by atoms with Crippen molar-refractivity contribution in [2.45, 2.75) is 31.6 Å². The predicted molar refractivity (Wildman–Crippen MR) is 112 cm³/mol. The van der Waals surface area contributed by atoms with Crippen LogP contribution in [-0.4, -0.2) is 37.6 Å². The molecule has 2 amide bonds. The summed E-state index contributed by atoms with van der Waals surface area (Å²) >= 11 is 0. The normalized spacial score (nSPS) is 15.7. The summed E-state index contributed by atoms with van der Waals surface area (Å²) in [5, 5.41) is 5.37. The largest absolute Gasteiger partial charge is 0.326 e. The highest BCUT2D eigenvalue weighted by molar-refractivity contribution is 7.89. The highest BCUT2D eigenvalue weighted by atomic mass is 32.2. The number of sulfonamides is 1. The molecule has 2 N–H and O–H groups in total. The van der Waals surface area contributed by atoms with Gasteiger partial charge in [0.2, 0.25) is 15.9 Å². The van der Waals surface area contributed by atoms with E-state index in [0.29, 0.717) is 35.9 Å². The van der Waals surface area contributed by atoms with Gasteiger partial charge < -0.3 is 10.6 Å². The lowest BCUT2D eigenvalue weighted by Gasteiger charge is -2.29. The molecule has 0 atom stereocenters. The standard InChI is InChI=1S/C21H25N3O4S/c1-15-10-12-24(13-11-15)29(27,28)20-8-6-18(7-9-20)23-21(26)17-4-3-5-19(14-17)22-16(2)25/h3-9,14-15H,10-13H2,1-2H3,(H,22,25)(H,23,26). The Bertz CT molecular complexity index is 995. The number of hydrogen-bond acceptors (Lipinski definition) is 4. The van der Waals surface area contributed by atoms with Gasteiger partial charge in [-0.3, -0.25) is 9.59 Å². The Morgan fingerprint density at radius 3 is 2.24 bits per heavy atom. The highest BCUT2D eigenvalue weighted by Gasteiger charge is 2.27. The topological polar surface area (TPSA) is 95.6 Å². The Labute approximate surface area is 171 Å². The number of piperidine rings is 1. The molecule has 2 aromatic carbocycles. The van der Waals surface area contributed by atoms with E-state index in [1.807, 2.05) is 0 Å². The summed E-state index contributed by atoms with van der Waals surface area (Å²) in [6, 6.07) is 12.8. The second kappa shape index (κ2) is 8.75. The van der Waals surface area contributed by atoms with Crippen LogP contribution in [0.2, 0.25) is 0 Å². The van der Waals surface area contributed by atoms with Gasteiger partial charge >= 0.3 is 0 Å². The van der Waals surface area contributed by atoms with E-state index in [2.05, 4.69) is 17.6 Å². The molecule has 0 spiro atoms. The van der Waals surface area contributed by atoms with Crippen LogP contribution in [0, 0.1) is 5.92 Å². The number of nitrogens with zero attached hydrogens (tertiary/aromatic N) is 1. The van der Waals surface area contributed by atoms with Crippen LogP contribution in [0.5, 0.6) is 0 Å². The molecule has 154 valence electrons. The zero-order chi connectivity index (χ0) is 21.0. The van der Waals surface area contributed by atoms with Crippen LogP contribution >= 0.6 is 0 Å². The molecule has 0 bridgehead atoms. The van der Waals surface area contributed by atoms with E-state index in [0.717, 1.165) is 12.8 Å². The zero-order valence-corrected chi connectivity index (χ0v) is 17.3. The molecule has 1 fully saturated rings. The van der Waals surface area contributed by atoms with Crippen molar-refractivity contribution in [2.24, 2.45) is 5.92 Å². The van der Waals surface area contributed by atoms with Crippen molar-refractivity contribution in [1.29, 1.82) is 0 Å². The number of rotatable bonds is 5. The predicted octanol–water partition coefficient (Wildman–Crippen LogP) is 3.32. The van der Waals surface area contributed by atoms with Gasteiger partial charge in [-0.15, -0.1) is 0 Å². The molecule has 0 unspecified atom stereocenters. The Hall–Kier alpha value is -2.71. The van der Waals surface area contributed by atoms with Gasteiger partial charge in [-0.25, -0.2) is 8.42 Å². The molecule has 0 aliphatic carbocycles. The molecule has 8 heteroatoms. The van der Waals surface area contributed by atoms with Crippen LogP contribution in [0.4, 0.5) is 11.4 Å². The summed E-state index contributed by atoms with van der Waals surface area (Å²) in [4.78, 5) is 23.8. The van der Waals surface area contributed by atoms with Crippen LogP contribution in [0.15, 0.2) is 53.4 Å². The van der Waals surface area contributed by atoms with E-state index in [4.69, 9.17) is 0 Å². The molecule has 1 aliphatic heterocycles. The van der Waals surface area contributed by atoms with Gasteiger partial charge in [-0.1, -0.05) is 13.0 Å². The highest BCUT2D eigenvalue weighted by Crippen LogP contribution is 2.24. The lowest BCUT2D eigenvalue weighted by atomic mass is 10.0.